The average Bonchev–Trinajstić information content (AvgIpc) is 2.45. The van der Waals surface area contributed by atoms with Crippen molar-refractivity contribution in [3.63, 3.8) is 0 Å². The molecule has 0 bridgehead atoms. The first-order chi connectivity index (χ1) is 9.61. The first-order valence-corrected chi connectivity index (χ1v) is 5.94. The van der Waals surface area contributed by atoms with Crippen LogP contribution >= 0.6 is 0 Å². The van der Waals surface area contributed by atoms with E-state index < -0.39 is 17.5 Å². The van der Waals surface area contributed by atoms with Crippen LogP contribution in [0.4, 0.5) is 20.3 Å². The summed E-state index contributed by atoms with van der Waals surface area (Å²) in [6, 6.07) is 6.55. The zero-order chi connectivity index (χ0) is 14.5. The third kappa shape index (κ3) is 3.05. The van der Waals surface area contributed by atoms with Crippen molar-refractivity contribution in [1.29, 1.82) is 0 Å². The summed E-state index contributed by atoms with van der Waals surface area (Å²) >= 11 is 0. The molecule has 0 saturated carbocycles. The van der Waals surface area contributed by atoms with E-state index in [4.69, 9.17) is 0 Å². The maximum atomic E-state index is 13.4. The van der Waals surface area contributed by atoms with Crippen LogP contribution in [0.5, 0.6) is 0 Å². The first-order valence-electron chi connectivity index (χ1n) is 5.94. The molecule has 104 valence electrons. The lowest BCUT2D eigenvalue weighted by atomic mass is 10.2. The van der Waals surface area contributed by atoms with E-state index in [-0.39, 0.29) is 11.4 Å². The normalized spacial score (nSPS) is 10.2. The Morgan fingerprint density at radius 2 is 2.00 bits per heavy atom. The van der Waals surface area contributed by atoms with Crippen LogP contribution in [0.1, 0.15) is 17.4 Å². The zero-order valence-electron chi connectivity index (χ0n) is 10.7. The quantitative estimate of drug-likeness (QED) is 0.901. The molecule has 0 unspecified atom stereocenters. The molecule has 0 aliphatic rings. The molecule has 0 saturated heterocycles. The number of carbonyl (C=O) groups excluding carboxylic acids is 1. The number of carbonyl (C=O) groups is 1. The predicted octanol–water partition coefficient (Wildman–Crippen LogP) is 2.44. The van der Waals surface area contributed by atoms with E-state index in [1.54, 1.807) is 6.07 Å². The van der Waals surface area contributed by atoms with Gasteiger partial charge in [0, 0.05) is 6.54 Å². The molecule has 1 aromatic carbocycles. The lowest BCUT2D eigenvalue weighted by Crippen LogP contribution is -2.16. The first kappa shape index (κ1) is 13.9. The number of halogens is 2. The molecule has 20 heavy (non-hydrogen) atoms. The Balaban J connectivity index is 2.13. The van der Waals surface area contributed by atoms with Crippen LogP contribution in [0.25, 0.3) is 0 Å². The van der Waals surface area contributed by atoms with Gasteiger partial charge in [0.05, 0.1) is 5.69 Å². The van der Waals surface area contributed by atoms with Gasteiger partial charge < -0.3 is 10.6 Å². The molecular formula is C13H12F2N4O. The van der Waals surface area contributed by atoms with Crippen molar-refractivity contribution < 1.29 is 13.6 Å². The molecule has 1 amide bonds. The smallest absolute Gasteiger partial charge is 0.276 e. The van der Waals surface area contributed by atoms with Crippen molar-refractivity contribution in [1.82, 2.24) is 10.2 Å². The van der Waals surface area contributed by atoms with Gasteiger partial charge in [-0.2, -0.15) is 0 Å². The summed E-state index contributed by atoms with van der Waals surface area (Å²) < 4.78 is 26.4. The van der Waals surface area contributed by atoms with Gasteiger partial charge in [-0.3, -0.25) is 4.79 Å². The largest absolute Gasteiger partial charge is 0.369 e. The maximum absolute atomic E-state index is 13.4. The van der Waals surface area contributed by atoms with E-state index in [9.17, 15) is 13.6 Å². The van der Waals surface area contributed by atoms with E-state index in [0.717, 1.165) is 6.07 Å². The average molecular weight is 278 g/mol. The molecule has 1 heterocycles. The third-order valence-corrected chi connectivity index (χ3v) is 2.45. The Bertz CT molecular complexity index is 616. The van der Waals surface area contributed by atoms with Gasteiger partial charge in [0.1, 0.15) is 5.82 Å². The lowest BCUT2D eigenvalue weighted by Gasteiger charge is -2.06. The third-order valence-electron chi connectivity index (χ3n) is 2.45. The van der Waals surface area contributed by atoms with Crippen molar-refractivity contribution >= 4 is 17.4 Å². The minimum atomic E-state index is -1.11. The van der Waals surface area contributed by atoms with Gasteiger partial charge in [-0.05, 0) is 31.2 Å². The maximum Gasteiger partial charge on any atom is 0.276 e. The zero-order valence-corrected chi connectivity index (χ0v) is 10.7. The molecule has 0 radical (unpaired) electrons. The second kappa shape index (κ2) is 6.05. The molecule has 1 aromatic heterocycles. The van der Waals surface area contributed by atoms with Crippen LogP contribution < -0.4 is 10.6 Å². The Morgan fingerprint density at radius 3 is 2.65 bits per heavy atom. The molecule has 2 N–H and O–H groups in total. The van der Waals surface area contributed by atoms with Crippen molar-refractivity contribution in [3.05, 3.63) is 47.7 Å². The second-order valence-corrected chi connectivity index (χ2v) is 3.89. The van der Waals surface area contributed by atoms with Crippen molar-refractivity contribution in [3.8, 4) is 0 Å². The number of amides is 1. The molecule has 0 atom stereocenters. The van der Waals surface area contributed by atoms with Crippen molar-refractivity contribution in [2.45, 2.75) is 6.92 Å². The summed E-state index contributed by atoms with van der Waals surface area (Å²) in [5, 5.41) is 12.7. The van der Waals surface area contributed by atoms with E-state index in [2.05, 4.69) is 20.8 Å². The lowest BCUT2D eigenvalue weighted by molar-refractivity contribution is 0.102. The number of hydrogen-bond acceptors (Lipinski definition) is 4. The number of nitrogens with zero attached hydrogens (tertiary/aromatic N) is 2. The number of aromatic nitrogens is 2. The fourth-order valence-corrected chi connectivity index (χ4v) is 1.52. The SMILES string of the molecule is CCNc1ccc(C(=O)Nc2cccc(F)c2F)nn1. The Kier molecular flexibility index (Phi) is 4.19. The van der Waals surface area contributed by atoms with Crippen LogP contribution in [0, 0.1) is 11.6 Å². The van der Waals surface area contributed by atoms with E-state index in [1.165, 1.54) is 18.2 Å². The molecule has 0 aliphatic heterocycles. The summed E-state index contributed by atoms with van der Waals surface area (Å²) in [6.07, 6.45) is 0. The Labute approximate surface area is 114 Å². The highest BCUT2D eigenvalue weighted by Crippen LogP contribution is 2.17. The number of hydrogen-bond donors (Lipinski definition) is 2. The summed E-state index contributed by atoms with van der Waals surface area (Å²) in [4.78, 5) is 11.8. The minimum Gasteiger partial charge on any atom is -0.369 e. The molecular weight excluding hydrogens is 266 g/mol. The number of nitrogens with one attached hydrogen (secondary N) is 2. The van der Waals surface area contributed by atoms with Crippen LogP contribution in [-0.4, -0.2) is 22.6 Å². The van der Waals surface area contributed by atoms with E-state index in [0.29, 0.717) is 12.4 Å². The van der Waals surface area contributed by atoms with Gasteiger partial charge in [-0.25, -0.2) is 8.78 Å². The van der Waals surface area contributed by atoms with Crippen LogP contribution in [0.2, 0.25) is 0 Å². The highest BCUT2D eigenvalue weighted by atomic mass is 19.2. The summed E-state index contributed by atoms with van der Waals surface area (Å²) in [5.74, 6) is -2.28. The van der Waals surface area contributed by atoms with Gasteiger partial charge in [0.2, 0.25) is 0 Å². The highest BCUT2D eigenvalue weighted by Gasteiger charge is 2.13. The number of benzene rings is 1. The Hall–Kier alpha value is -2.57. The second-order valence-electron chi connectivity index (χ2n) is 3.89. The molecule has 0 spiro atoms. The van der Waals surface area contributed by atoms with Crippen LogP contribution in [-0.2, 0) is 0 Å². The summed E-state index contributed by atoms with van der Waals surface area (Å²) in [7, 11) is 0. The highest BCUT2D eigenvalue weighted by molar-refractivity contribution is 6.02. The van der Waals surface area contributed by atoms with Crippen molar-refractivity contribution in [2.24, 2.45) is 0 Å². The molecule has 2 aromatic rings. The molecule has 0 fully saturated rings. The van der Waals surface area contributed by atoms with E-state index >= 15 is 0 Å². The monoisotopic (exact) mass is 278 g/mol. The van der Waals surface area contributed by atoms with Gasteiger partial charge in [0.25, 0.3) is 5.91 Å². The fourth-order valence-electron chi connectivity index (χ4n) is 1.52. The molecule has 7 heteroatoms. The number of anilines is 2. The molecule has 5 nitrogen and oxygen atoms in total. The summed E-state index contributed by atoms with van der Waals surface area (Å²) in [5.41, 5.74) is -0.233. The van der Waals surface area contributed by atoms with Gasteiger partial charge >= 0.3 is 0 Å². The van der Waals surface area contributed by atoms with Gasteiger partial charge in [-0.15, -0.1) is 10.2 Å². The minimum absolute atomic E-state index is 0.00955. The standard InChI is InChI=1S/C13H12F2N4O/c1-2-16-11-7-6-10(18-19-11)13(20)17-9-5-3-4-8(14)12(9)15/h3-7H,2H2,1H3,(H,16,19)(H,17,20). The fraction of sp³-hybridized carbons (Fsp3) is 0.154. The predicted molar refractivity (Wildman–Crippen MR) is 70.5 cm³/mol. The summed E-state index contributed by atoms with van der Waals surface area (Å²) in [6.45, 7) is 2.57. The molecule has 2 rings (SSSR count). The molecule has 0 aliphatic carbocycles. The van der Waals surface area contributed by atoms with Crippen LogP contribution in [0.3, 0.4) is 0 Å². The number of rotatable bonds is 4. The Morgan fingerprint density at radius 1 is 1.20 bits per heavy atom. The van der Waals surface area contributed by atoms with Crippen LogP contribution in [0.15, 0.2) is 30.3 Å². The van der Waals surface area contributed by atoms with Gasteiger partial charge in [0.15, 0.2) is 17.3 Å². The van der Waals surface area contributed by atoms with Crippen molar-refractivity contribution in [2.75, 3.05) is 17.2 Å². The van der Waals surface area contributed by atoms with E-state index in [1.807, 2.05) is 6.92 Å². The van der Waals surface area contributed by atoms with Gasteiger partial charge in [-0.1, -0.05) is 6.07 Å². The topological polar surface area (TPSA) is 66.9 Å².